The predicted molar refractivity (Wildman–Crippen MR) is 142 cm³/mol. The lowest BCUT2D eigenvalue weighted by Gasteiger charge is -2.14. The van der Waals surface area contributed by atoms with Crippen molar-refractivity contribution in [1.82, 2.24) is 19.5 Å². The molecule has 0 aliphatic heterocycles. The Kier molecular flexibility index (Phi) is 7.31. The third-order valence-corrected chi connectivity index (χ3v) is 6.48. The van der Waals surface area contributed by atoms with Crippen molar-refractivity contribution >= 4 is 16.7 Å². The molecule has 1 N–H and O–H groups in total. The number of hydrogen-bond acceptors (Lipinski definition) is 4. The Labute approximate surface area is 213 Å². The third kappa shape index (κ3) is 5.72. The van der Waals surface area contributed by atoms with E-state index in [1.165, 1.54) is 22.4 Å². The van der Waals surface area contributed by atoms with Gasteiger partial charge in [0, 0.05) is 41.0 Å². The molecule has 0 saturated carbocycles. The number of carbonyl (C=O) groups is 1. The first kappa shape index (κ1) is 24.3. The molecular formula is C30H27FN4O2. The minimum absolute atomic E-state index is 0.113. The second-order valence-electron chi connectivity index (χ2n) is 9.10. The van der Waals surface area contributed by atoms with Crippen LogP contribution in [0.2, 0.25) is 0 Å². The molecule has 0 spiro atoms. The van der Waals surface area contributed by atoms with Gasteiger partial charge < -0.3 is 4.98 Å². The molecule has 0 atom stereocenters. The molecule has 0 aliphatic rings. The van der Waals surface area contributed by atoms with Crippen molar-refractivity contribution in [2.75, 3.05) is 0 Å². The first-order valence-corrected chi connectivity index (χ1v) is 12.4. The van der Waals surface area contributed by atoms with E-state index in [0.29, 0.717) is 24.2 Å². The smallest absolute Gasteiger partial charge is 0.273 e. The van der Waals surface area contributed by atoms with E-state index in [1.807, 2.05) is 30.3 Å². The van der Waals surface area contributed by atoms with Crippen LogP contribution in [0, 0.1) is 5.82 Å². The summed E-state index contributed by atoms with van der Waals surface area (Å²) in [5, 5.41) is 0.984. The van der Waals surface area contributed by atoms with E-state index in [9.17, 15) is 14.0 Å². The lowest BCUT2D eigenvalue weighted by Crippen LogP contribution is -2.30. The van der Waals surface area contributed by atoms with Crippen LogP contribution in [0.25, 0.3) is 22.2 Å². The highest BCUT2D eigenvalue weighted by Gasteiger charge is 2.17. The number of carbonyl (C=O) groups excluding carboxylic acids is 1. The van der Waals surface area contributed by atoms with E-state index < -0.39 is 5.82 Å². The number of nitrogens with one attached hydrogen (secondary N) is 1. The summed E-state index contributed by atoms with van der Waals surface area (Å²) in [5.41, 5.74) is 3.66. The Bertz CT molecular complexity index is 1560. The summed E-state index contributed by atoms with van der Waals surface area (Å²) in [4.78, 5) is 38.3. The lowest BCUT2D eigenvalue weighted by molar-refractivity contribution is -0.119. The van der Waals surface area contributed by atoms with E-state index in [2.05, 4.69) is 27.1 Å². The van der Waals surface area contributed by atoms with Gasteiger partial charge in [-0.2, -0.15) is 0 Å². The average molecular weight is 495 g/mol. The molecule has 0 fully saturated rings. The molecule has 0 aliphatic carbocycles. The van der Waals surface area contributed by atoms with Crippen LogP contribution in [-0.4, -0.2) is 25.3 Å². The molecule has 0 radical (unpaired) electrons. The molecule has 5 aromatic rings. The maximum atomic E-state index is 14.6. The van der Waals surface area contributed by atoms with Crippen LogP contribution in [-0.2, 0) is 30.6 Å². The summed E-state index contributed by atoms with van der Waals surface area (Å²) in [6.07, 6.45) is 7.78. The number of nitrogens with zero attached hydrogens (tertiary/aromatic N) is 3. The summed E-state index contributed by atoms with van der Waals surface area (Å²) < 4.78 is 16.0. The monoisotopic (exact) mass is 494 g/mol. The molecule has 7 heteroatoms. The molecule has 2 aromatic carbocycles. The number of fused-ring (bicyclic) bond motifs is 1. The minimum atomic E-state index is -0.464. The topological polar surface area (TPSA) is 80.6 Å². The number of aromatic amines is 1. The fraction of sp³-hybridized carbons (Fsp3) is 0.200. The first-order chi connectivity index (χ1) is 18.1. The van der Waals surface area contributed by atoms with Gasteiger partial charge >= 0.3 is 0 Å². The van der Waals surface area contributed by atoms with Crippen molar-refractivity contribution in [3.63, 3.8) is 0 Å². The molecule has 0 amide bonds. The highest BCUT2D eigenvalue weighted by atomic mass is 19.1. The van der Waals surface area contributed by atoms with Crippen molar-refractivity contribution < 1.29 is 9.18 Å². The van der Waals surface area contributed by atoms with Gasteiger partial charge in [0.2, 0.25) is 0 Å². The maximum Gasteiger partial charge on any atom is 0.273 e. The zero-order valence-corrected chi connectivity index (χ0v) is 20.4. The Morgan fingerprint density at radius 1 is 0.946 bits per heavy atom. The number of aryl methyl sites for hydroxylation is 3. The van der Waals surface area contributed by atoms with E-state index in [4.69, 9.17) is 0 Å². The van der Waals surface area contributed by atoms with Crippen LogP contribution in [0.15, 0.2) is 90.1 Å². The summed E-state index contributed by atoms with van der Waals surface area (Å²) in [6, 6.07) is 20.1. The second kappa shape index (κ2) is 11.1. The second-order valence-corrected chi connectivity index (χ2v) is 9.10. The van der Waals surface area contributed by atoms with Gasteiger partial charge in [-0.3, -0.25) is 24.1 Å². The van der Waals surface area contributed by atoms with Crippen molar-refractivity contribution in [3.8, 4) is 11.3 Å². The Morgan fingerprint density at radius 3 is 2.57 bits per heavy atom. The van der Waals surface area contributed by atoms with E-state index in [0.717, 1.165) is 29.4 Å². The molecule has 186 valence electrons. The minimum Gasteiger partial charge on any atom is -0.358 e. The number of hydrogen-bond donors (Lipinski definition) is 1. The Morgan fingerprint density at radius 2 is 1.76 bits per heavy atom. The molecule has 0 bridgehead atoms. The van der Waals surface area contributed by atoms with Crippen LogP contribution in [0.1, 0.15) is 29.8 Å². The zero-order valence-electron chi connectivity index (χ0n) is 20.4. The largest absolute Gasteiger partial charge is 0.358 e. The number of aromatic nitrogens is 4. The van der Waals surface area contributed by atoms with Crippen molar-refractivity contribution in [1.29, 1.82) is 0 Å². The standard InChI is InChI=1S/C30H27FN4O2/c31-26-11-5-4-10-25(26)29-19-33-28(12-6-9-21-7-2-1-3-8-21)30(37)35(29)20-24(36)14-13-23-17-22-18-32-16-15-27(22)34-23/h1-5,7-8,10-11,15-19,34H,6,9,12-14,20H2. The van der Waals surface area contributed by atoms with Gasteiger partial charge in [0.15, 0.2) is 5.78 Å². The molecule has 37 heavy (non-hydrogen) atoms. The number of Topliss-reactive ketones (excluding diaryl/α,β-unsaturated/α-hetero) is 1. The fourth-order valence-corrected chi connectivity index (χ4v) is 4.54. The highest BCUT2D eigenvalue weighted by molar-refractivity contribution is 5.81. The number of benzene rings is 2. The van der Waals surface area contributed by atoms with Crippen LogP contribution in [0.5, 0.6) is 0 Å². The van der Waals surface area contributed by atoms with Gasteiger partial charge in [-0.1, -0.05) is 42.5 Å². The van der Waals surface area contributed by atoms with Gasteiger partial charge in [-0.15, -0.1) is 0 Å². The predicted octanol–water partition coefficient (Wildman–Crippen LogP) is 5.30. The zero-order chi connectivity index (χ0) is 25.6. The van der Waals surface area contributed by atoms with E-state index >= 15 is 0 Å². The molecule has 3 heterocycles. The number of halogens is 1. The van der Waals surface area contributed by atoms with Gasteiger partial charge in [-0.05, 0) is 55.5 Å². The number of H-pyrrole nitrogens is 1. The van der Waals surface area contributed by atoms with Crippen LogP contribution in [0.3, 0.4) is 0 Å². The SMILES string of the molecule is O=C(CCc1cc2cnccc2[nH]1)Cn1c(-c2ccccc2F)cnc(CCCc2ccccc2)c1=O. The fourth-order valence-electron chi connectivity index (χ4n) is 4.54. The number of ketones is 1. The van der Waals surface area contributed by atoms with Gasteiger partial charge in [0.25, 0.3) is 5.56 Å². The molecule has 0 saturated heterocycles. The van der Waals surface area contributed by atoms with E-state index in [1.54, 1.807) is 30.6 Å². The molecule has 6 nitrogen and oxygen atoms in total. The highest BCUT2D eigenvalue weighted by Crippen LogP contribution is 2.22. The quantitative estimate of drug-likeness (QED) is 0.286. The average Bonchev–Trinajstić information content (AvgIpc) is 3.34. The summed E-state index contributed by atoms with van der Waals surface area (Å²) >= 11 is 0. The first-order valence-electron chi connectivity index (χ1n) is 12.4. The Hall–Kier alpha value is -4.39. The van der Waals surface area contributed by atoms with E-state index in [-0.39, 0.29) is 29.9 Å². The molecule has 3 aromatic heterocycles. The van der Waals surface area contributed by atoms with Crippen molar-refractivity contribution in [3.05, 3.63) is 118 Å². The van der Waals surface area contributed by atoms with Crippen LogP contribution in [0.4, 0.5) is 4.39 Å². The normalized spacial score (nSPS) is 11.2. The van der Waals surface area contributed by atoms with Crippen LogP contribution >= 0.6 is 0 Å². The number of pyridine rings is 1. The molecular weight excluding hydrogens is 467 g/mol. The summed E-state index contributed by atoms with van der Waals surface area (Å²) in [5.74, 6) is -0.577. The number of rotatable bonds is 10. The van der Waals surface area contributed by atoms with Crippen LogP contribution < -0.4 is 5.56 Å². The van der Waals surface area contributed by atoms with Gasteiger partial charge in [0.1, 0.15) is 11.5 Å². The molecule has 0 unspecified atom stereocenters. The maximum absolute atomic E-state index is 14.6. The lowest BCUT2D eigenvalue weighted by atomic mass is 10.1. The van der Waals surface area contributed by atoms with Gasteiger partial charge in [0.05, 0.1) is 18.4 Å². The van der Waals surface area contributed by atoms with Crippen molar-refractivity contribution in [2.45, 2.75) is 38.6 Å². The third-order valence-electron chi connectivity index (χ3n) is 6.48. The summed E-state index contributed by atoms with van der Waals surface area (Å²) in [7, 11) is 0. The summed E-state index contributed by atoms with van der Waals surface area (Å²) in [6.45, 7) is -0.140. The molecule has 5 rings (SSSR count). The van der Waals surface area contributed by atoms with Gasteiger partial charge in [-0.25, -0.2) is 4.39 Å². The van der Waals surface area contributed by atoms with Crippen molar-refractivity contribution in [2.24, 2.45) is 0 Å². The Balaban J connectivity index is 1.36.